The summed E-state index contributed by atoms with van der Waals surface area (Å²) in [7, 11) is -1.73. The fraction of sp³-hybridized carbons (Fsp3) is 1.00. The average molecular weight is 182 g/mol. The lowest BCUT2D eigenvalue weighted by atomic mass is 10.2. The van der Waals surface area contributed by atoms with Crippen LogP contribution in [-0.2, 0) is 19.0 Å². The molecule has 5 heteroatoms. The molecule has 11 heavy (non-hydrogen) atoms. The van der Waals surface area contributed by atoms with Gasteiger partial charge in [0.15, 0.2) is 0 Å². The Labute approximate surface area is 67.6 Å². The number of methoxy groups -OCH3 is 1. The molecular weight excluding hydrogens is 168 g/mol. The standard InChI is InChI=1S/C6H14O4S/c1-6(4-9-2)5-10-11(3,7)8/h6H,4-5H2,1-3H3/t6-/m1/s1. The predicted molar refractivity (Wildman–Crippen MR) is 41.8 cm³/mol. The Morgan fingerprint density at radius 3 is 2.27 bits per heavy atom. The van der Waals surface area contributed by atoms with E-state index in [-0.39, 0.29) is 12.5 Å². The summed E-state index contributed by atoms with van der Waals surface area (Å²) in [6, 6.07) is 0. The molecule has 0 aromatic carbocycles. The molecule has 0 aliphatic carbocycles. The highest BCUT2D eigenvalue weighted by atomic mass is 32.2. The molecule has 0 N–H and O–H groups in total. The minimum Gasteiger partial charge on any atom is -0.384 e. The minimum absolute atomic E-state index is 0.106. The first-order chi connectivity index (χ1) is 4.95. The van der Waals surface area contributed by atoms with Crippen LogP contribution in [0.3, 0.4) is 0 Å². The van der Waals surface area contributed by atoms with Crippen LogP contribution in [0, 0.1) is 5.92 Å². The summed E-state index contributed by atoms with van der Waals surface area (Å²) >= 11 is 0. The first kappa shape index (κ1) is 10.9. The second-order valence-electron chi connectivity index (χ2n) is 2.55. The first-order valence-corrected chi connectivity index (χ1v) is 5.10. The van der Waals surface area contributed by atoms with Crippen LogP contribution in [0.1, 0.15) is 6.92 Å². The van der Waals surface area contributed by atoms with Crippen molar-refractivity contribution in [3.63, 3.8) is 0 Å². The quantitative estimate of drug-likeness (QED) is 0.572. The molecule has 0 unspecified atom stereocenters. The number of rotatable bonds is 5. The Bertz CT molecular complexity index is 185. The zero-order valence-electron chi connectivity index (χ0n) is 7.03. The Morgan fingerprint density at radius 1 is 1.36 bits per heavy atom. The average Bonchev–Trinajstić information content (AvgIpc) is 1.83. The molecule has 1 atom stereocenters. The second kappa shape index (κ2) is 4.69. The molecule has 0 rings (SSSR count). The highest BCUT2D eigenvalue weighted by Crippen LogP contribution is 1.98. The molecule has 0 saturated carbocycles. The summed E-state index contributed by atoms with van der Waals surface area (Å²) in [5.41, 5.74) is 0. The van der Waals surface area contributed by atoms with Crippen molar-refractivity contribution < 1.29 is 17.3 Å². The molecule has 0 fully saturated rings. The normalized spacial score (nSPS) is 14.8. The second-order valence-corrected chi connectivity index (χ2v) is 4.19. The molecule has 4 nitrogen and oxygen atoms in total. The molecule has 0 spiro atoms. The SMILES string of the molecule is COC[C@@H](C)COS(C)(=O)=O. The van der Waals surface area contributed by atoms with Crippen LogP contribution >= 0.6 is 0 Å². The molecule has 0 radical (unpaired) electrons. The summed E-state index contributed by atoms with van der Waals surface area (Å²) in [4.78, 5) is 0. The van der Waals surface area contributed by atoms with E-state index in [0.717, 1.165) is 6.26 Å². The lowest BCUT2D eigenvalue weighted by Crippen LogP contribution is -2.14. The summed E-state index contributed by atoms with van der Waals surface area (Å²) < 4.78 is 30.3. The van der Waals surface area contributed by atoms with E-state index in [2.05, 4.69) is 4.18 Å². The van der Waals surface area contributed by atoms with Crippen LogP contribution in [0.25, 0.3) is 0 Å². The third kappa shape index (κ3) is 7.77. The van der Waals surface area contributed by atoms with Gasteiger partial charge in [0, 0.05) is 13.0 Å². The summed E-state index contributed by atoms with van der Waals surface area (Å²) in [5, 5.41) is 0. The van der Waals surface area contributed by atoms with Gasteiger partial charge in [0.05, 0.1) is 19.5 Å². The van der Waals surface area contributed by atoms with Crippen molar-refractivity contribution in [1.29, 1.82) is 0 Å². The van der Waals surface area contributed by atoms with Crippen LogP contribution in [0.2, 0.25) is 0 Å². The van der Waals surface area contributed by atoms with Gasteiger partial charge in [0.25, 0.3) is 10.1 Å². The molecule has 0 aromatic heterocycles. The van der Waals surface area contributed by atoms with Gasteiger partial charge < -0.3 is 4.74 Å². The smallest absolute Gasteiger partial charge is 0.264 e. The molecule has 0 saturated heterocycles. The van der Waals surface area contributed by atoms with E-state index in [1.807, 2.05) is 6.92 Å². The molecule has 0 bridgehead atoms. The lowest BCUT2D eigenvalue weighted by molar-refractivity contribution is 0.129. The van der Waals surface area contributed by atoms with Gasteiger partial charge in [-0.15, -0.1) is 0 Å². The number of ether oxygens (including phenoxy) is 1. The van der Waals surface area contributed by atoms with E-state index in [4.69, 9.17) is 4.74 Å². The Hall–Kier alpha value is -0.130. The maximum atomic E-state index is 10.5. The predicted octanol–water partition coefficient (Wildman–Crippen LogP) is 0.245. The van der Waals surface area contributed by atoms with Crippen molar-refractivity contribution in [2.24, 2.45) is 5.92 Å². The fourth-order valence-corrected chi connectivity index (χ4v) is 1.05. The maximum absolute atomic E-state index is 10.5. The van der Waals surface area contributed by atoms with Crippen molar-refractivity contribution >= 4 is 10.1 Å². The third-order valence-corrected chi connectivity index (χ3v) is 1.58. The zero-order valence-corrected chi connectivity index (χ0v) is 7.85. The van der Waals surface area contributed by atoms with Gasteiger partial charge >= 0.3 is 0 Å². The van der Waals surface area contributed by atoms with Gasteiger partial charge in [-0.1, -0.05) is 6.92 Å². The summed E-state index contributed by atoms with van der Waals surface area (Å²) in [6.45, 7) is 2.55. The van der Waals surface area contributed by atoms with Crippen molar-refractivity contribution in [3.05, 3.63) is 0 Å². The van der Waals surface area contributed by atoms with E-state index in [1.54, 1.807) is 7.11 Å². The van der Waals surface area contributed by atoms with E-state index < -0.39 is 10.1 Å². The molecule has 0 aliphatic rings. The lowest BCUT2D eigenvalue weighted by Gasteiger charge is -2.08. The molecule has 0 aromatic rings. The monoisotopic (exact) mass is 182 g/mol. The largest absolute Gasteiger partial charge is 0.384 e. The van der Waals surface area contributed by atoms with Gasteiger partial charge in [-0.05, 0) is 0 Å². The zero-order chi connectivity index (χ0) is 8.91. The first-order valence-electron chi connectivity index (χ1n) is 3.29. The van der Waals surface area contributed by atoms with E-state index in [9.17, 15) is 8.42 Å². The van der Waals surface area contributed by atoms with Crippen LogP contribution in [0.4, 0.5) is 0 Å². The van der Waals surface area contributed by atoms with Gasteiger partial charge in [0.2, 0.25) is 0 Å². The minimum atomic E-state index is -3.29. The molecule has 0 heterocycles. The molecule has 0 amide bonds. The van der Waals surface area contributed by atoms with Gasteiger partial charge in [0.1, 0.15) is 0 Å². The van der Waals surface area contributed by atoms with Gasteiger partial charge in [-0.25, -0.2) is 0 Å². The third-order valence-electron chi connectivity index (χ3n) is 1.02. The van der Waals surface area contributed by atoms with Gasteiger partial charge in [-0.2, -0.15) is 8.42 Å². The van der Waals surface area contributed by atoms with Crippen molar-refractivity contribution in [1.82, 2.24) is 0 Å². The topological polar surface area (TPSA) is 52.6 Å². The number of hydrogen-bond acceptors (Lipinski definition) is 4. The van der Waals surface area contributed by atoms with Crippen molar-refractivity contribution in [2.75, 3.05) is 26.6 Å². The summed E-state index contributed by atoms with van der Waals surface area (Å²) in [5.74, 6) is 0.106. The summed E-state index contributed by atoms with van der Waals surface area (Å²) in [6.07, 6.45) is 1.03. The Kier molecular flexibility index (Phi) is 4.63. The van der Waals surface area contributed by atoms with E-state index >= 15 is 0 Å². The fourth-order valence-electron chi connectivity index (χ4n) is 0.572. The van der Waals surface area contributed by atoms with Crippen molar-refractivity contribution in [2.45, 2.75) is 6.92 Å². The molecular formula is C6H14O4S. The Balaban J connectivity index is 3.54. The maximum Gasteiger partial charge on any atom is 0.264 e. The molecule has 0 aliphatic heterocycles. The Morgan fingerprint density at radius 2 is 1.91 bits per heavy atom. The highest BCUT2D eigenvalue weighted by molar-refractivity contribution is 7.85. The van der Waals surface area contributed by atoms with Crippen LogP contribution < -0.4 is 0 Å². The highest BCUT2D eigenvalue weighted by Gasteiger charge is 2.06. The van der Waals surface area contributed by atoms with Gasteiger partial charge in [-0.3, -0.25) is 4.18 Å². The van der Waals surface area contributed by atoms with Crippen LogP contribution in [0.5, 0.6) is 0 Å². The number of hydrogen-bond donors (Lipinski definition) is 0. The van der Waals surface area contributed by atoms with E-state index in [0.29, 0.717) is 6.61 Å². The van der Waals surface area contributed by atoms with Crippen LogP contribution in [-0.4, -0.2) is 35.0 Å². The van der Waals surface area contributed by atoms with Crippen molar-refractivity contribution in [3.8, 4) is 0 Å². The molecule has 68 valence electrons. The van der Waals surface area contributed by atoms with E-state index in [1.165, 1.54) is 0 Å². The van der Waals surface area contributed by atoms with Crippen LogP contribution in [0.15, 0.2) is 0 Å².